The Balaban J connectivity index is 1.48. The molecule has 0 bridgehead atoms. The number of likely N-dealkylation sites (N-methyl/N-ethyl adjacent to an activating group) is 1. The fourth-order valence-corrected chi connectivity index (χ4v) is 6.75. The molecule has 0 saturated carbocycles. The van der Waals surface area contributed by atoms with Gasteiger partial charge in [0.05, 0.1) is 29.0 Å². The third-order valence-electron chi connectivity index (χ3n) is 6.58. The summed E-state index contributed by atoms with van der Waals surface area (Å²) in [5.74, 6) is -0.00327. The lowest BCUT2D eigenvalue weighted by Gasteiger charge is -2.25. The van der Waals surface area contributed by atoms with E-state index in [-0.39, 0.29) is 17.0 Å². The van der Waals surface area contributed by atoms with Crippen molar-refractivity contribution in [1.82, 2.24) is 14.5 Å². The van der Waals surface area contributed by atoms with Gasteiger partial charge in [-0.2, -0.15) is 13.2 Å². The van der Waals surface area contributed by atoms with Crippen LogP contribution in [0.1, 0.15) is 29.9 Å². The van der Waals surface area contributed by atoms with E-state index in [9.17, 15) is 22.8 Å². The van der Waals surface area contributed by atoms with Gasteiger partial charge in [0.25, 0.3) is 5.56 Å². The first-order valence-corrected chi connectivity index (χ1v) is 14.6. The zero-order chi connectivity index (χ0) is 28.4. The molecule has 0 atom stereocenters. The minimum atomic E-state index is -4.52. The van der Waals surface area contributed by atoms with Gasteiger partial charge in [-0.1, -0.05) is 24.8 Å². The first-order valence-electron chi connectivity index (χ1n) is 12.8. The van der Waals surface area contributed by atoms with Crippen molar-refractivity contribution in [3.8, 4) is 11.4 Å². The van der Waals surface area contributed by atoms with Crippen molar-refractivity contribution in [3.63, 3.8) is 0 Å². The van der Waals surface area contributed by atoms with Gasteiger partial charge in [-0.3, -0.25) is 19.1 Å². The molecule has 12 heteroatoms. The van der Waals surface area contributed by atoms with Crippen LogP contribution in [-0.2, 0) is 23.9 Å². The molecule has 0 aliphatic carbocycles. The van der Waals surface area contributed by atoms with E-state index in [0.717, 1.165) is 60.4 Å². The van der Waals surface area contributed by atoms with Crippen LogP contribution in [0.3, 0.4) is 0 Å². The van der Waals surface area contributed by atoms with Crippen LogP contribution in [0.5, 0.6) is 5.75 Å². The van der Waals surface area contributed by atoms with E-state index < -0.39 is 17.6 Å². The van der Waals surface area contributed by atoms with Gasteiger partial charge in [-0.15, -0.1) is 11.3 Å². The Morgan fingerprint density at radius 1 is 1.18 bits per heavy atom. The average molecular weight is 589 g/mol. The second-order valence-electron chi connectivity index (χ2n) is 9.18. The molecule has 1 aliphatic rings. The Bertz CT molecular complexity index is 1600. The first kappa shape index (κ1) is 28.2. The lowest BCUT2D eigenvalue weighted by Crippen LogP contribution is -2.30. The molecule has 210 valence electrons. The van der Waals surface area contributed by atoms with Crippen LogP contribution in [0.25, 0.3) is 15.9 Å². The second-order valence-corrected chi connectivity index (χ2v) is 11.2. The first-order chi connectivity index (χ1) is 19.2. The van der Waals surface area contributed by atoms with Crippen molar-refractivity contribution in [2.45, 2.75) is 38.1 Å². The normalized spacial score (nSPS) is 13.8. The van der Waals surface area contributed by atoms with Gasteiger partial charge in [0.2, 0.25) is 5.91 Å². The van der Waals surface area contributed by atoms with E-state index in [4.69, 9.17) is 9.72 Å². The van der Waals surface area contributed by atoms with Crippen molar-refractivity contribution in [3.05, 3.63) is 74.9 Å². The van der Waals surface area contributed by atoms with E-state index in [1.807, 2.05) is 6.92 Å². The minimum absolute atomic E-state index is 0.0409. The number of alkyl halides is 3. The fourth-order valence-electron chi connectivity index (χ4n) is 4.63. The standard InChI is InChI=1S/C28H27F3N4O3S2/c1-3-34-13-12-21-22(15-34)40-25-24(21)26(37)35(19-8-10-20(11-9-19)38-4-2)27(33-25)39-16-23(36)32-18-7-5-6-17(14-18)28(29,30)31/h5-11,14H,3-4,12-13,15-16H2,1-2H3,(H,32,36). The number of anilines is 1. The van der Waals surface area contributed by atoms with Crippen molar-refractivity contribution in [2.24, 2.45) is 0 Å². The van der Waals surface area contributed by atoms with Crippen LogP contribution in [0.4, 0.5) is 18.9 Å². The highest BCUT2D eigenvalue weighted by Crippen LogP contribution is 2.35. The molecule has 40 heavy (non-hydrogen) atoms. The van der Waals surface area contributed by atoms with Crippen LogP contribution in [0, 0.1) is 0 Å². The molecule has 0 spiro atoms. The summed E-state index contributed by atoms with van der Waals surface area (Å²) in [5, 5.41) is 3.44. The molecule has 0 unspecified atom stereocenters. The molecule has 5 rings (SSSR count). The molecule has 4 aromatic rings. The quantitative estimate of drug-likeness (QED) is 0.202. The Hall–Kier alpha value is -3.35. The average Bonchev–Trinajstić information content (AvgIpc) is 3.30. The lowest BCUT2D eigenvalue weighted by molar-refractivity contribution is -0.137. The van der Waals surface area contributed by atoms with E-state index in [1.165, 1.54) is 28.0 Å². The summed E-state index contributed by atoms with van der Waals surface area (Å²) in [6.45, 7) is 7.04. The molecule has 7 nitrogen and oxygen atoms in total. The molecule has 2 aromatic heterocycles. The Morgan fingerprint density at radius 2 is 1.95 bits per heavy atom. The smallest absolute Gasteiger partial charge is 0.416 e. The van der Waals surface area contributed by atoms with Crippen LogP contribution >= 0.6 is 23.1 Å². The molecule has 1 aliphatic heterocycles. The number of nitrogens with one attached hydrogen (secondary N) is 1. The number of rotatable bonds is 8. The SMILES string of the molecule is CCOc1ccc(-n2c(SCC(=O)Nc3cccc(C(F)(F)F)c3)nc3sc4c(c3c2=O)CCN(CC)C4)cc1. The number of hydrogen-bond acceptors (Lipinski definition) is 7. The number of carbonyl (C=O) groups is 1. The zero-order valence-corrected chi connectivity index (χ0v) is 23.5. The number of fused-ring (bicyclic) bond motifs is 3. The van der Waals surface area contributed by atoms with Gasteiger partial charge in [-0.05, 0) is 67.9 Å². The predicted molar refractivity (Wildman–Crippen MR) is 152 cm³/mol. The summed E-state index contributed by atoms with van der Waals surface area (Å²) in [5.41, 5.74) is 0.588. The van der Waals surface area contributed by atoms with Gasteiger partial charge >= 0.3 is 6.18 Å². The Labute approximate surface area is 237 Å². The van der Waals surface area contributed by atoms with E-state index >= 15 is 0 Å². The van der Waals surface area contributed by atoms with Gasteiger partial charge in [0.1, 0.15) is 10.6 Å². The number of carbonyl (C=O) groups excluding carboxylic acids is 1. The highest BCUT2D eigenvalue weighted by atomic mass is 32.2. The molecule has 0 saturated heterocycles. The van der Waals surface area contributed by atoms with E-state index in [0.29, 0.717) is 33.4 Å². The largest absolute Gasteiger partial charge is 0.494 e. The van der Waals surface area contributed by atoms with Crippen LogP contribution in [-0.4, -0.2) is 45.8 Å². The molecular weight excluding hydrogens is 561 g/mol. The van der Waals surface area contributed by atoms with Crippen LogP contribution < -0.4 is 15.6 Å². The number of nitrogens with zero attached hydrogens (tertiary/aromatic N) is 3. The third kappa shape index (κ3) is 5.89. The molecule has 2 aromatic carbocycles. The van der Waals surface area contributed by atoms with Crippen molar-refractivity contribution < 1.29 is 22.7 Å². The number of thioether (sulfide) groups is 1. The van der Waals surface area contributed by atoms with Crippen molar-refractivity contribution >= 4 is 44.9 Å². The van der Waals surface area contributed by atoms with Gasteiger partial charge in [-0.25, -0.2) is 4.98 Å². The number of benzene rings is 2. The van der Waals surface area contributed by atoms with Gasteiger partial charge in [0.15, 0.2) is 5.16 Å². The predicted octanol–water partition coefficient (Wildman–Crippen LogP) is 5.97. The van der Waals surface area contributed by atoms with Crippen LogP contribution in [0.2, 0.25) is 0 Å². The summed E-state index contributed by atoms with van der Waals surface area (Å²) in [6, 6.07) is 11.5. The maximum atomic E-state index is 14.0. The monoisotopic (exact) mass is 588 g/mol. The maximum Gasteiger partial charge on any atom is 0.416 e. The number of ether oxygens (including phenoxy) is 1. The summed E-state index contributed by atoms with van der Waals surface area (Å²) in [6.07, 6.45) is -3.76. The zero-order valence-electron chi connectivity index (χ0n) is 21.9. The molecule has 1 amide bonds. The summed E-state index contributed by atoms with van der Waals surface area (Å²) >= 11 is 2.55. The van der Waals surface area contributed by atoms with E-state index in [1.54, 1.807) is 24.3 Å². The Kier molecular flexibility index (Phi) is 8.20. The Morgan fingerprint density at radius 3 is 2.65 bits per heavy atom. The molecule has 1 N–H and O–H groups in total. The number of hydrogen-bond donors (Lipinski definition) is 1. The lowest BCUT2D eigenvalue weighted by atomic mass is 10.1. The van der Waals surface area contributed by atoms with Crippen LogP contribution in [0.15, 0.2) is 58.5 Å². The second kappa shape index (κ2) is 11.6. The van der Waals surface area contributed by atoms with Crippen molar-refractivity contribution in [1.29, 1.82) is 0 Å². The number of halogens is 3. The van der Waals surface area contributed by atoms with Crippen molar-refractivity contribution in [2.75, 3.05) is 30.8 Å². The molecular formula is C28H27F3N4O3S2. The molecule has 0 fully saturated rings. The number of aromatic nitrogens is 2. The fraction of sp³-hybridized carbons (Fsp3) is 0.321. The summed E-state index contributed by atoms with van der Waals surface area (Å²) in [4.78, 5) is 35.6. The topological polar surface area (TPSA) is 76.5 Å². The highest BCUT2D eigenvalue weighted by molar-refractivity contribution is 7.99. The van der Waals surface area contributed by atoms with E-state index in [2.05, 4.69) is 17.1 Å². The van der Waals surface area contributed by atoms with Gasteiger partial charge in [0, 0.05) is 23.7 Å². The maximum absolute atomic E-state index is 14.0. The third-order valence-corrected chi connectivity index (χ3v) is 8.63. The number of thiophene rings is 1. The minimum Gasteiger partial charge on any atom is -0.494 e. The summed E-state index contributed by atoms with van der Waals surface area (Å²) in [7, 11) is 0. The van der Waals surface area contributed by atoms with Gasteiger partial charge < -0.3 is 10.1 Å². The molecule has 3 heterocycles. The summed E-state index contributed by atoms with van der Waals surface area (Å²) < 4.78 is 46.3. The highest BCUT2D eigenvalue weighted by Gasteiger charge is 2.30. The number of amides is 1. The molecule has 0 radical (unpaired) electrons.